The number of halogens is 1. The van der Waals surface area contributed by atoms with Gasteiger partial charge in [0.25, 0.3) is 0 Å². The highest BCUT2D eigenvalue weighted by Crippen LogP contribution is 2.28. The van der Waals surface area contributed by atoms with Crippen molar-refractivity contribution in [2.75, 3.05) is 19.7 Å². The summed E-state index contributed by atoms with van der Waals surface area (Å²) in [7, 11) is 1.98. The molecule has 28 heavy (non-hydrogen) atoms. The van der Waals surface area contributed by atoms with E-state index in [9.17, 15) is 0 Å². The summed E-state index contributed by atoms with van der Waals surface area (Å²) in [6.07, 6.45) is 4.04. The molecule has 0 spiro atoms. The Kier molecular flexibility index (Phi) is 5.69. The molecule has 148 valence electrons. The van der Waals surface area contributed by atoms with E-state index in [-0.39, 0.29) is 0 Å². The van der Waals surface area contributed by atoms with Gasteiger partial charge in [0.15, 0.2) is 0 Å². The zero-order chi connectivity index (χ0) is 19.5. The topological polar surface area (TPSA) is 59.0 Å². The molecule has 0 bridgehead atoms. The van der Waals surface area contributed by atoms with Crippen molar-refractivity contribution in [2.24, 2.45) is 7.05 Å². The maximum absolute atomic E-state index is 6.12. The third-order valence-electron chi connectivity index (χ3n) is 5.32. The first kappa shape index (κ1) is 19.0. The largest absolute Gasteiger partial charge is 0.492 e. The number of nitrogens with zero attached hydrogens (tertiary/aromatic N) is 4. The Bertz CT molecular complexity index is 935. The first-order valence-corrected chi connectivity index (χ1v) is 10.1. The average Bonchev–Trinajstić information content (AvgIpc) is 3.38. The predicted octanol–water partition coefficient (Wildman–Crippen LogP) is 3.72. The van der Waals surface area contributed by atoms with Crippen LogP contribution in [0.2, 0.25) is 5.02 Å². The molecule has 1 aliphatic heterocycles. The maximum atomic E-state index is 6.12. The summed E-state index contributed by atoms with van der Waals surface area (Å²) in [6, 6.07) is 9.73. The first-order chi connectivity index (χ1) is 13.6. The molecule has 0 amide bonds. The van der Waals surface area contributed by atoms with Crippen LogP contribution in [0, 0.1) is 6.92 Å². The fourth-order valence-electron chi connectivity index (χ4n) is 3.81. The highest BCUT2D eigenvalue weighted by atomic mass is 35.5. The van der Waals surface area contributed by atoms with Gasteiger partial charge in [-0.3, -0.25) is 14.7 Å². The van der Waals surface area contributed by atoms with Crippen molar-refractivity contribution in [1.29, 1.82) is 0 Å². The SMILES string of the molecule is Cc1nn(C)cc1CN1CCC(c2cc(CCOc3ccccc3Cl)[nH]n2)C1. The van der Waals surface area contributed by atoms with E-state index in [1.807, 2.05) is 36.0 Å². The lowest BCUT2D eigenvalue weighted by Gasteiger charge is -2.14. The molecule has 1 N–H and O–H groups in total. The zero-order valence-electron chi connectivity index (χ0n) is 16.4. The quantitative estimate of drug-likeness (QED) is 0.657. The number of hydrogen-bond donors (Lipinski definition) is 1. The number of aromatic amines is 1. The van der Waals surface area contributed by atoms with Crippen LogP contribution in [-0.2, 0) is 20.0 Å². The molecule has 0 saturated carbocycles. The van der Waals surface area contributed by atoms with Gasteiger partial charge in [-0.2, -0.15) is 10.2 Å². The molecule has 0 aliphatic carbocycles. The molecule has 1 saturated heterocycles. The first-order valence-electron chi connectivity index (χ1n) is 9.71. The van der Waals surface area contributed by atoms with Crippen LogP contribution in [0.25, 0.3) is 0 Å². The number of likely N-dealkylation sites (tertiary alicyclic amines) is 1. The minimum Gasteiger partial charge on any atom is -0.492 e. The van der Waals surface area contributed by atoms with Gasteiger partial charge < -0.3 is 4.74 Å². The molecule has 4 rings (SSSR count). The van der Waals surface area contributed by atoms with Crippen molar-refractivity contribution in [3.63, 3.8) is 0 Å². The third kappa shape index (κ3) is 4.39. The number of aryl methyl sites for hydroxylation is 2. The number of ether oxygens (including phenoxy) is 1. The van der Waals surface area contributed by atoms with Gasteiger partial charge in [0.1, 0.15) is 5.75 Å². The molecule has 1 aromatic carbocycles. The predicted molar refractivity (Wildman–Crippen MR) is 110 cm³/mol. The van der Waals surface area contributed by atoms with Crippen molar-refractivity contribution in [1.82, 2.24) is 24.9 Å². The molecule has 3 aromatic rings. The van der Waals surface area contributed by atoms with Gasteiger partial charge in [0, 0.05) is 49.9 Å². The van der Waals surface area contributed by atoms with E-state index >= 15 is 0 Å². The molecule has 1 atom stereocenters. The molecule has 6 nitrogen and oxygen atoms in total. The van der Waals surface area contributed by atoms with Crippen LogP contribution < -0.4 is 4.74 Å². The highest BCUT2D eigenvalue weighted by Gasteiger charge is 2.26. The van der Waals surface area contributed by atoms with Gasteiger partial charge in [-0.25, -0.2) is 0 Å². The van der Waals surface area contributed by atoms with Gasteiger partial charge in [-0.15, -0.1) is 0 Å². The van der Waals surface area contributed by atoms with Gasteiger partial charge in [-0.1, -0.05) is 23.7 Å². The number of benzene rings is 1. The minimum atomic E-state index is 0.478. The maximum Gasteiger partial charge on any atom is 0.137 e. The van der Waals surface area contributed by atoms with Crippen LogP contribution in [0.4, 0.5) is 0 Å². The minimum absolute atomic E-state index is 0.478. The molecule has 2 aromatic heterocycles. The molecule has 1 aliphatic rings. The van der Waals surface area contributed by atoms with Crippen molar-refractivity contribution in [2.45, 2.75) is 32.2 Å². The standard InChI is InChI=1S/C21H26ClN5O/c1-15-17(12-26(2)25-15)14-27-9-7-16(13-27)20-11-18(23-24-20)8-10-28-21-6-4-3-5-19(21)22/h3-6,11-12,16H,7-10,13-14H2,1-2H3,(H,23,24). The summed E-state index contributed by atoms with van der Waals surface area (Å²) in [4.78, 5) is 2.49. The average molecular weight is 400 g/mol. The Labute approximate surface area is 170 Å². The van der Waals surface area contributed by atoms with Gasteiger partial charge >= 0.3 is 0 Å². The summed E-state index contributed by atoms with van der Waals surface area (Å²) in [5, 5.41) is 12.8. The zero-order valence-corrected chi connectivity index (χ0v) is 17.1. The van der Waals surface area contributed by atoms with E-state index in [4.69, 9.17) is 16.3 Å². The molecule has 7 heteroatoms. The van der Waals surface area contributed by atoms with Crippen LogP contribution in [-0.4, -0.2) is 44.6 Å². The van der Waals surface area contributed by atoms with Crippen LogP contribution in [0.5, 0.6) is 5.75 Å². The lowest BCUT2D eigenvalue weighted by molar-refractivity contribution is 0.320. The summed E-state index contributed by atoms with van der Waals surface area (Å²) in [6.45, 7) is 5.74. The van der Waals surface area contributed by atoms with Crippen molar-refractivity contribution >= 4 is 11.6 Å². The van der Waals surface area contributed by atoms with E-state index in [2.05, 4.69) is 39.4 Å². The Hall–Kier alpha value is -2.31. The number of rotatable bonds is 7. The summed E-state index contributed by atoms with van der Waals surface area (Å²) < 4.78 is 7.67. The smallest absolute Gasteiger partial charge is 0.137 e. The van der Waals surface area contributed by atoms with Crippen molar-refractivity contribution in [3.05, 3.63) is 64.2 Å². The second-order valence-electron chi connectivity index (χ2n) is 7.48. The fraction of sp³-hybridized carbons (Fsp3) is 0.429. The summed E-state index contributed by atoms with van der Waals surface area (Å²) >= 11 is 6.12. The number of para-hydroxylation sites is 1. The normalized spacial score (nSPS) is 17.3. The lowest BCUT2D eigenvalue weighted by Crippen LogP contribution is -2.20. The highest BCUT2D eigenvalue weighted by molar-refractivity contribution is 6.32. The van der Waals surface area contributed by atoms with Gasteiger partial charge in [0.05, 0.1) is 23.0 Å². The van der Waals surface area contributed by atoms with E-state index in [1.165, 1.54) is 5.56 Å². The molecule has 3 heterocycles. The second-order valence-corrected chi connectivity index (χ2v) is 7.89. The van der Waals surface area contributed by atoms with Crippen LogP contribution in [0.1, 0.15) is 35.0 Å². The van der Waals surface area contributed by atoms with Crippen molar-refractivity contribution < 1.29 is 4.74 Å². The van der Waals surface area contributed by atoms with Crippen molar-refractivity contribution in [3.8, 4) is 5.75 Å². The third-order valence-corrected chi connectivity index (χ3v) is 5.63. The second kappa shape index (κ2) is 8.37. The number of aromatic nitrogens is 4. The van der Waals surface area contributed by atoms with E-state index in [0.29, 0.717) is 17.5 Å². The van der Waals surface area contributed by atoms with E-state index in [0.717, 1.165) is 55.3 Å². The Morgan fingerprint density at radius 1 is 1.32 bits per heavy atom. The van der Waals surface area contributed by atoms with E-state index in [1.54, 1.807) is 0 Å². The van der Waals surface area contributed by atoms with E-state index < -0.39 is 0 Å². The van der Waals surface area contributed by atoms with Gasteiger partial charge in [0.2, 0.25) is 0 Å². The monoisotopic (exact) mass is 399 g/mol. The molecular formula is C21H26ClN5O. The number of hydrogen-bond acceptors (Lipinski definition) is 4. The Morgan fingerprint density at radius 3 is 2.96 bits per heavy atom. The Morgan fingerprint density at radius 2 is 2.18 bits per heavy atom. The lowest BCUT2D eigenvalue weighted by atomic mass is 10.0. The molecule has 1 unspecified atom stereocenters. The summed E-state index contributed by atoms with van der Waals surface area (Å²) in [5.41, 5.74) is 4.68. The number of H-pyrrole nitrogens is 1. The van der Waals surface area contributed by atoms with Crippen LogP contribution in [0.15, 0.2) is 36.5 Å². The Balaban J connectivity index is 1.28. The molecular weight excluding hydrogens is 374 g/mol. The summed E-state index contributed by atoms with van der Waals surface area (Å²) in [5.74, 6) is 1.20. The van der Waals surface area contributed by atoms with Gasteiger partial charge in [-0.05, 0) is 38.1 Å². The molecule has 0 radical (unpaired) electrons. The molecule has 1 fully saturated rings. The van der Waals surface area contributed by atoms with Crippen LogP contribution in [0.3, 0.4) is 0 Å². The fourth-order valence-corrected chi connectivity index (χ4v) is 4.00. The van der Waals surface area contributed by atoms with Crippen LogP contribution >= 0.6 is 11.6 Å². The number of nitrogens with one attached hydrogen (secondary N) is 1.